The monoisotopic (exact) mass is 389 g/mol. The van der Waals surface area contributed by atoms with Crippen molar-refractivity contribution in [3.05, 3.63) is 70.3 Å². The van der Waals surface area contributed by atoms with Crippen LogP contribution in [-0.4, -0.2) is 12.3 Å². The minimum atomic E-state index is -0.228. The normalized spacial score (nSPS) is 20.4. The number of nitrogen functional groups attached to an aromatic ring is 1. The van der Waals surface area contributed by atoms with Crippen LogP contribution in [0.15, 0.2) is 54.3 Å². The Morgan fingerprint density at radius 3 is 2.71 bits per heavy atom. The first kappa shape index (κ1) is 18.5. The zero-order valence-electron chi connectivity index (χ0n) is 16.2. The summed E-state index contributed by atoms with van der Waals surface area (Å²) in [6.45, 7) is 8.76. The third kappa shape index (κ3) is 2.76. The molecule has 2 aliphatic rings. The van der Waals surface area contributed by atoms with Crippen LogP contribution < -0.4 is 10.6 Å². The number of carbonyl (C=O) groups excluding carboxylic acids is 1. The summed E-state index contributed by atoms with van der Waals surface area (Å²) in [5.74, 6) is -0.0573. The number of thiophene rings is 1. The molecule has 1 atom stereocenters. The summed E-state index contributed by atoms with van der Waals surface area (Å²) in [7, 11) is 0. The van der Waals surface area contributed by atoms with E-state index in [1.54, 1.807) is 0 Å². The molecule has 0 saturated carbocycles. The molecule has 2 N–H and O–H groups in total. The molecule has 0 saturated heterocycles. The highest BCUT2D eigenvalue weighted by atomic mass is 32.1. The largest absolute Gasteiger partial charge is 0.397 e. The second-order valence-corrected chi connectivity index (χ2v) is 9.22. The second kappa shape index (κ2) is 6.65. The molecule has 0 spiro atoms. The molecule has 0 radical (unpaired) electrons. The van der Waals surface area contributed by atoms with Gasteiger partial charge in [-0.05, 0) is 17.4 Å². The highest BCUT2D eigenvalue weighted by molar-refractivity contribution is 7.17. The molecule has 1 aliphatic heterocycles. The van der Waals surface area contributed by atoms with Gasteiger partial charge >= 0.3 is 0 Å². The van der Waals surface area contributed by atoms with Gasteiger partial charge in [0.05, 0.1) is 5.69 Å². The van der Waals surface area contributed by atoms with Crippen LogP contribution in [0, 0.1) is 16.7 Å². The third-order valence-corrected chi connectivity index (χ3v) is 6.70. The van der Waals surface area contributed by atoms with Gasteiger partial charge in [-0.15, -0.1) is 17.9 Å². The molecule has 1 aliphatic carbocycles. The minimum Gasteiger partial charge on any atom is -0.397 e. The van der Waals surface area contributed by atoms with E-state index in [2.05, 4.69) is 31.4 Å². The highest BCUT2D eigenvalue weighted by Crippen LogP contribution is 2.56. The van der Waals surface area contributed by atoms with E-state index in [-0.39, 0.29) is 17.1 Å². The number of hydrogen-bond donors (Lipinski definition) is 1. The van der Waals surface area contributed by atoms with E-state index >= 15 is 0 Å². The Morgan fingerprint density at radius 1 is 1.36 bits per heavy atom. The highest BCUT2D eigenvalue weighted by Gasteiger charge is 2.45. The third-order valence-electron chi connectivity index (χ3n) is 5.55. The predicted molar refractivity (Wildman–Crippen MR) is 114 cm³/mol. The quantitative estimate of drug-likeness (QED) is 0.751. The molecule has 142 valence electrons. The molecule has 1 unspecified atom stereocenters. The van der Waals surface area contributed by atoms with Gasteiger partial charge in [-0.1, -0.05) is 50.3 Å². The fraction of sp³-hybridized carbons (Fsp3) is 0.304. The summed E-state index contributed by atoms with van der Waals surface area (Å²) in [5.41, 5.74) is 10.6. The van der Waals surface area contributed by atoms with E-state index in [1.165, 1.54) is 11.3 Å². The summed E-state index contributed by atoms with van der Waals surface area (Å²) in [5, 5.41) is 10.6. The number of nitrogens with zero attached hydrogens (tertiary/aromatic N) is 2. The lowest BCUT2D eigenvalue weighted by Crippen LogP contribution is -2.39. The molecule has 0 bridgehead atoms. The van der Waals surface area contributed by atoms with Crippen molar-refractivity contribution in [2.75, 3.05) is 17.2 Å². The first-order chi connectivity index (χ1) is 13.4. The van der Waals surface area contributed by atoms with Gasteiger partial charge in [0.1, 0.15) is 15.9 Å². The number of benzene rings is 1. The molecule has 0 fully saturated rings. The van der Waals surface area contributed by atoms with Crippen LogP contribution in [0.2, 0.25) is 0 Å². The first-order valence-corrected chi connectivity index (χ1v) is 10.2. The van der Waals surface area contributed by atoms with Crippen molar-refractivity contribution in [3.63, 3.8) is 0 Å². The number of nitrogens with two attached hydrogens (primary N) is 1. The smallest absolute Gasteiger partial charge is 0.162 e. The predicted octanol–water partition coefficient (Wildman–Crippen LogP) is 4.98. The fourth-order valence-electron chi connectivity index (χ4n) is 4.44. The summed E-state index contributed by atoms with van der Waals surface area (Å²) in [4.78, 5) is 16.0. The Morgan fingerprint density at radius 2 is 2.07 bits per heavy atom. The van der Waals surface area contributed by atoms with Gasteiger partial charge in [0.25, 0.3) is 0 Å². The molecule has 1 aromatic heterocycles. The van der Waals surface area contributed by atoms with Crippen LogP contribution in [0.5, 0.6) is 0 Å². The van der Waals surface area contributed by atoms with Gasteiger partial charge < -0.3 is 10.6 Å². The average molecular weight is 390 g/mol. The lowest BCUT2D eigenvalue weighted by atomic mass is 9.68. The van der Waals surface area contributed by atoms with E-state index in [0.29, 0.717) is 23.5 Å². The number of rotatable bonds is 3. The zero-order chi connectivity index (χ0) is 20.1. The number of hydrogen-bond acceptors (Lipinski definition) is 5. The maximum absolute atomic E-state index is 13.4. The summed E-state index contributed by atoms with van der Waals surface area (Å²) < 4.78 is 0. The van der Waals surface area contributed by atoms with E-state index in [9.17, 15) is 10.1 Å². The Balaban J connectivity index is 2.05. The number of nitriles is 1. The Hall–Kier alpha value is -2.84. The van der Waals surface area contributed by atoms with Crippen LogP contribution in [-0.2, 0) is 4.79 Å². The van der Waals surface area contributed by atoms with Crippen molar-refractivity contribution in [2.45, 2.75) is 32.6 Å². The van der Waals surface area contributed by atoms with Gasteiger partial charge in [-0.3, -0.25) is 4.79 Å². The lowest BCUT2D eigenvalue weighted by molar-refractivity contribution is -0.118. The van der Waals surface area contributed by atoms with E-state index in [0.717, 1.165) is 33.8 Å². The molecular formula is C23H23N3OS. The average Bonchev–Trinajstić information content (AvgIpc) is 2.99. The van der Waals surface area contributed by atoms with E-state index in [4.69, 9.17) is 5.73 Å². The van der Waals surface area contributed by atoms with Crippen LogP contribution >= 0.6 is 11.3 Å². The zero-order valence-corrected chi connectivity index (χ0v) is 17.0. The van der Waals surface area contributed by atoms with E-state index < -0.39 is 0 Å². The molecule has 4 nitrogen and oxygen atoms in total. The van der Waals surface area contributed by atoms with Gasteiger partial charge in [0.15, 0.2) is 5.78 Å². The Bertz CT molecular complexity index is 1040. The standard InChI is InChI=1S/C23H23N3OS/c1-4-10-26-15-11-23(2,3)12-16(27)19(15)18(14-8-6-5-7-9-14)20-21(25)17(13-24)28-22(20)26/h4-9,18H,1,10-12,25H2,2-3H3. The van der Waals surface area contributed by atoms with Crippen molar-refractivity contribution in [1.29, 1.82) is 5.26 Å². The van der Waals surface area contributed by atoms with Crippen LogP contribution in [0.3, 0.4) is 0 Å². The SMILES string of the molecule is C=CCN1C2=C(C(=O)CC(C)(C)C2)C(c2ccccc2)c2c1sc(C#N)c2N. The van der Waals surface area contributed by atoms with Crippen molar-refractivity contribution in [3.8, 4) is 6.07 Å². The number of anilines is 2. The lowest BCUT2D eigenvalue weighted by Gasteiger charge is -2.43. The molecular weight excluding hydrogens is 366 g/mol. The molecule has 0 amide bonds. The van der Waals surface area contributed by atoms with Gasteiger partial charge in [-0.25, -0.2) is 0 Å². The van der Waals surface area contributed by atoms with Crippen molar-refractivity contribution >= 4 is 27.8 Å². The van der Waals surface area contributed by atoms with E-state index in [1.807, 2.05) is 36.4 Å². The molecule has 28 heavy (non-hydrogen) atoms. The van der Waals surface area contributed by atoms with Gasteiger partial charge in [0.2, 0.25) is 0 Å². The van der Waals surface area contributed by atoms with Crippen LogP contribution in [0.25, 0.3) is 0 Å². The molecule has 5 heteroatoms. The van der Waals surface area contributed by atoms with Gasteiger partial charge in [-0.2, -0.15) is 5.26 Å². The fourth-order valence-corrected chi connectivity index (χ4v) is 5.54. The van der Waals surface area contributed by atoms with Crippen LogP contribution in [0.1, 0.15) is 48.6 Å². The number of Topliss-reactive ketones (excluding diaryl/α,β-unsaturated/α-hetero) is 1. The van der Waals surface area contributed by atoms with Crippen molar-refractivity contribution in [2.24, 2.45) is 5.41 Å². The second-order valence-electron chi connectivity index (χ2n) is 8.22. The number of fused-ring (bicyclic) bond motifs is 1. The summed E-state index contributed by atoms with van der Waals surface area (Å²) in [6, 6.07) is 12.2. The maximum atomic E-state index is 13.4. The number of allylic oxidation sites excluding steroid dienone is 2. The molecule has 1 aromatic carbocycles. The van der Waals surface area contributed by atoms with Gasteiger partial charge in [0, 0.05) is 35.7 Å². The van der Waals surface area contributed by atoms with Crippen LogP contribution in [0.4, 0.5) is 10.7 Å². The summed E-state index contributed by atoms with van der Waals surface area (Å²) in [6.07, 6.45) is 3.16. The molecule has 4 rings (SSSR count). The summed E-state index contributed by atoms with van der Waals surface area (Å²) >= 11 is 1.41. The number of carbonyl (C=O) groups is 1. The van der Waals surface area contributed by atoms with Crippen molar-refractivity contribution < 1.29 is 4.79 Å². The Labute approximate surface area is 169 Å². The molecule has 2 heterocycles. The minimum absolute atomic E-state index is 0.102. The first-order valence-electron chi connectivity index (χ1n) is 9.40. The molecule has 2 aromatic rings. The van der Waals surface area contributed by atoms with Crippen molar-refractivity contribution in [1.82, 2.24) is 0 Å². The maximum Gasteiger partial charge on any atom is 0.162 e. The number of ketones is 1. The topological polar surface area (TPSA) is 70.1 Å². The Kier molecular flexibility index (Phi) is 4.40.